The van der Waals surface area contributed by atoms with Crippen molar-refractivity contribution in [2.45, 2.75) is 0 Å². The van der Waals surface area contributed by atoms with Crippen molar-refractivity contribution >= 4 is 11.6 Å². The Balaban J connectivity index is 2.29. The Morgan fingerprint density at radius 2 is 2.05 bits per heavy atom. The van der Waals surface area contributed by atoms with Crippen LogP contribution in [0.15, 0.2) is 36.7 Å². The van der Waals surface area contributed by atoms with Gasteiger partial charge in [0, 0.05) is 6.20 Å². The molecule has 0 saturated carbocycles. The molecule has 0 bridgehead atoms. The predicted octanol–water partition coefficient (Wildman–Crippen LogP) is 1.92. The molecule has 0 fully saturated rings. The van der Waals surface area contributed by atoms with Gasteiger partial charge in [-0.15, -0.1) is 0 Å². The monoisotopic (exact) mass is 287 g/mol. The lowest BCUT2D eigenvalue weighted by Gasteiger charge is -2.07. The van der Waals surface area contributed by atoms with Crippen LogP contribution >= 0.6 is 0 Å². The number of carbonyl (C=O) groups is 1. The van der Waals surface area contributed by atoms with Gasteiger partial charge >= 0.3 is 0 Å². The molecule has 0 spiro atoms. The number of halogens is 2. The van der Waals surface area contributed by atoms with E-state index in [1.165, 1.54) is 24.4 Å². The summed E-state index contributed by atoms with van der Waals surface area (Å²) >= 11 is 0. The van der Waals surface area contributed by atoms with Crippen LogP contribution in [0, 0.1) is 23.5 Å². The molecule has 3 N–H and O–H groups in total. The Morgan fingerprint density at radius 1 is 1.24 bits per heavy atom. The lowest BCUT2D eigenvalue weighted by Crippen LogP contribution is -2.13. The highest BCUT2D eigenvalue weighted by molar-refractivity contribution is 6.04. The minimum Gasteiger partial charge on any atom is -0.321 e. The molecule has 1 heterocycles. The second-order valence-electron chi connectivity index (χ2n) is 4.04. The van der Waals surface area contributed by atoms with Crippen LogP contribution < -0.4 is 11.1 Å². The van der Waals surface area contributed by atoms with Gasteiger partial charge in [0.05, 0.1) is 29.6 Å². The van der Waals surface area contributed by atoms with Gasteiger partial charge in [0.1, 0.15) is 11.6 Å². The zero-order chi connectivity index (χ0) is 15.2. The smallest absolute Gasteiger partial charge is 0.257 e. The number of nitrogens with zero attached hydrogens (tertiary/aromatic N) is 1. The van der Waals surface area contributed by atoms with Crippen LogP contribution in [0.3, 0.4) is 0 Å². The number of pyridine rings is 1. The highest BCUT2D eigenvalue weighted by atomic mass is 19.1. The Labute approximate surface area is 120 Å². The maximum atomic E-state index is 13.2. The van der Waals surface area contributed by atoms with E-state index < -0.39 is 17.5 Å². The van der Waals surface area contributed by atoms with Gasteiger partial charge in [-0.1, -0.05) is 11.8 Å². The maximum absolute atomic E-state index is 13.2. The largest absolute Gasteiger partial charge is 0.321 e. The molecule has 0 unspecified atom stereocenters. The second-order valence-corrected chi connectivity index (χ2v) is 4.04. The highest BCUT2D eigenvalue weighted by Gasteiger charge is 2.10. The third kappa shape index (κ3) is 3.84. The Hall–Kier alpha value is -2.78. The first kappa shape index (κ1) is 14.6. The number of benzene rings is 1. The van der Waals surface area contributed by atoms with E-state index in [4.69, 9.17) is 5.73 Å². The molecule has 21 heavy (non-hydrogen) atoms. The van der Waals surface area contributed by atoms with E-state index >= 15 is 0 Å². The van der Waals surface area contributed by atoms with E-state index in [9.17, 15) is 13.6 Å². The minimum atomic E-state index is -0.620. The zero-order valence-corrected chi connectivity index (χ0v) is 10.9. The van der Waals surface area contributed by atoms with Gasteiger partial charge in [0.15, 0.2) is 0 Å². The van der Waals surface area contributed by atoms with E-state index in [0.717, 1.165) is 12.3 Å². The standard InChI is InChI=1S/C15H11F2N3O/c16-12-3-4-14(10(6-12)2-1-5-18)20-15(21)11-7-13(17)9-19-8-11/h3-4,6-9H,5,18H2,(H,20,21). The van der Waals surface area contributed by atoms with Crippen molar-refractivity contribution in [2.75, 3.05) is 11.9 Å². The molecule has 0 aliphatic heterocycles. The number of nitrogens with two attached hydrogens (primary N) is 1. The van der Waals surface area contributed by atoms with E-state index in [-0.39, 0.29) is 17.7 Å². The molecular formula is C15H11F2N3O. The van der Waals surface area contributed by atoms with Gasteiger partial charge in [-0.3, -0.25) is 9.78 Å². The summed E-state index contributed by atoms with van der Waals surface area (Å²) < 4.78 is 26.3. The van der Waals surface area contributed by atoms with Crippen molar-refractivity contribution in [1.29, 1.82) is 0 Å². The topological polar surface area (TPSA) is 68.0 Å². The normalized spacial score (nSPS) is 9.67. The zero-order valence-electron chi connectivity index (χ0n) is 10.9. The third-order valence-corrected chi connectivity index (χ3v) is 2.52. The number of anilines is 1. The summed E-state index contributed by atoms with van der Waals surface area (Å²) in [5.74, 6) is 3.57. The van der Waals surface area contributed by atoms with Crippen molar-refractivity contribution in [3.63, 3.8) is 0 Å². The van der Waals surface area contributed by atoms with Gasteiger partial charge in [-0.2, -0.15) is 0 Å². The summed E-state index contributed by atoms with van der Waals surface area (Å²) in [6.45, 7) is 0.109. The second kappa shape index (κ2) is 6.59. The van der Waals surface area contributed by atoms with Gasteiger partial charge in [-0.05, 0) is 24.3 Å². The average Bonchev–Trinajstić information content (AvgIpc) is 2.47. The van der Waals surface area contributed by atoms with E-state index in [0.29, 0.717) is 5.69 Å². The Kier molecular flexibility index (Phi) is 4.59. The molecule has 0 aliphatic rings. The fourth-order valence-electron chi connectivity index (χ4n) is 1.61. The summed E-state index contributed by atoms with van der Waals surface area (Å²) in [6.07, 6.45) is 2.22. The third-order valence-electron chi connectivity index (χ3n) is 2.52. The summed E-state index contributed by atoms with van der Waals surface area (Å²) in [7, 11) is 0. The molecule has 0 atom stereocenters. The number of nitrogens with one attached hydrogen (secondary N) is 1. The summed E-state index contributed by atoms with van der Waals surface area (Å²) in [5, 5.41) is 2.53. The van der Waals surface area contributed by atoms with E-state index in [1.807, 2.05) is 0 Å². The molecule has 0 radical (unpaired) electrons. The molecule has 106 valence electrons. The Bertz CT molecular complexity index is 735. The molecule has 2 rings (SSSR count). The van der Waals surface area contributed by atoms with Gasteiger partial charge in [0.2, 0.25) is 0 Å². The fourth-order valence-corrected chi connectivity index (χ4v) is 1.61. The van der Waals surface area contributed by atoms with Crippen molar-refractivity contribution in [1.82, 2.24) is 4.98 Å². The molecule has 6 heteroatoms. The molecule has 1 aromatic heterocycles. The van der Waals surface area contributed by atoms with Crippen LogP contribution in [0.2, 0.25) is 0 Å². The molecular weight excluding hydrogens is 276 g/mol. The van der Waals surface area contributed by atoms with Crippen molar-refractivity contribution in [2.24, 2.45) is 5.73 Å². The average molecular weight is 287 g/mol. The van der Waals surface area contributed by atoms with Crippen molar-refractivity contribution in [3.8, 4) is 11.8 Å². The van der Waals surface area contributed by atoms with Crippen LogP contribution in [-0.2, 0) is 0 Å². The molecule has 4 nitrogen and oxygen atoms in total. The first-order valence-electron chi connectivity index (χ1n) is 6.00. The first-order chi connectivity index (χ1) is 10.1. The van der Waals surface area contributed by atoms with Crippen LogP contribution in [-0.4, -0.2) is 17.4 Å². The molecule has 2 aromatic rings. The van der Waals surface area contributed by atoms with Crippen LogP contribution in [0.1, 0.15) is 15.9 Å². The summed E-state index contributed by atoms with van der Waals surface area (Å²) in [6, 6.07) is 4.80. The number of amides is 1. The minimum absolute atomic E-state index is 0.0528. The number of rotatable bonds is 2. The fraction of sp³-hybridized carbons (Fsp3) is 0.0667. The van der Waals surface area contributed by atoms with Gasteiger partial charge in [0.25, 0.3) is 5.91 Å². The highest BCUT2D eigenvalue weighted by Crippen LogP contribution is 2.17. The van der Waals surface area contributed by atoms with E-state index in [1.54, 1.807) is 0 Å². The molecule has 0 aliphatic carbocycles. The number of hydrogen-bond acceptors (Lipinski definition) is 3. The van der Waals surface area contributed by atoms with Crippen LogP contribution in [0.4, 0.5) is 14.5 Å². The lowest BCUT2D eigenvalue weighted by molar-refractivity contribution is 0.102. The quantitative estimate of drug-likeness (QED) is 0.829. The Morgan fingerprint density at radius 3 is 2.76 bits per heavy atom. The summed E-state index contributed by atoms with van der Waals surface area (Å²) in [5.41, 5.74) is 5.92. The summed E-state index contributed by atoms with van der Waals surface area (Å²) in [4.78, 5) is 15.6. The number of aromatic nitrogens is 1. The molecule has 1 aromatic carbocycles. The number of carbonyl (C=O) groups excluding carboxylic acids is 1. The van der Waals surface area contributed by atoms with Crippen LogP contribution in [0.25, 0.3) is 0 Å². The molecule has 0 saturated heterocycles. The van der Waals surface area contributed by atoms with Crippen LogP contribution in [0.5, 0.6) is 0 Å². The molecule has 1 amide bonds. The maximum Gasteiger partial charge on any atom is 0.257 e. The predicted molar refractivity (Wildman–Crippen MR) is 74.5 cm³/mol. The van der Waals surface area contributed by atoms with Crippen molar-refractivity contribution in [3.05, 3.63) is 59.4 Å². The van der Waals surface area contributed by atoms with E-state index in [2.05, 4.69) is 22.1 Å². The number of hydrogen-bond donors (Lipinski definition) is 2. The first-order valence-corrected chi connectivity index (χ1v) is 6.00. The van der Waals surface area contributed by atoms with Crippen molar-refractivity contribution < 1.29 is 13.6 Å². The lowest BCUT2D eigenvalue weighted by atomic mass is 10.1. The van der Waals surface area contributed by atoms with Gasteiger partial charge in [-0.25, -0.2) is 8.78 Å². The SMILES string of the molecule is NCC#Cc1cc(F)ccc1NC(=O)c1cncc(F)c1. The van der Waals surface area contributed by atoms with Gasteiger partial charge < -0.3 is 11.1 Å².